The van der Waals surface area contributed by atoms with Crippen LogP contribution in [0.15, 0.2) is 5.10 Å². The molecule has 0 radical (unpaired) electrons. The number of rotatable bonds is 5. The Kier molecular flexibility index (Phi) is 4.86. The standard InChI is InChI=1S/C11H21N3O3S/c1-8-7-13-14(9(8)2)11(15)10(12-3)5-6-18(4,16)17/h7-10,12H,5-6H2,1-4H3. The van der Waals surface area contributed by atoms with Gasteiger partial charge < -0.3 is 5.32 Å². The van der Waals surface area contributed by atoms with Gasteiger partial charge in [-0.2, -0.15) is 5.10 Å². The summed E-state index contributed by atoms with van der Waals surface area (Å²) in [7, 11) is -1.41. The van der Waals surface area contributed by atoms with Crippen LogP contribution in [0.4, 0.5) is 0 Å². The summed E-state index contributed by atoms with van der Waals surface area (Å²) in [6.07, 6.45) is 3.18. The maximum atomic E-state index is 12.2. The van der Waals surface area contributed by atoms with Crippen molar-refractivity contribution < 1.29 is 13.2 Å². The Balaban J connectivity index is 2.66. The van der Waals surface area contributed by atoms with Crippen molar-refractivity contribution in [1.82, 2.24) is 10.3 Å². The fourth-order valence-corrected chi connectivity index (χ4v) is 2.43. The zero-order valence-electron chi connectivity index (χ0n) is 11.3. The number of carbonyl (C=O) groups is 1. The van der Waals surface area contributed by atoms with Crippen molar-refractivity contribution >= 4 is 22.0 Å². The Labute approximate surface area is 108 Å². The van der Waals surface area contributed by atoms with Crippen LogP contribution in [0.5, 0.6) is 0 Å². The molecule has 0 saturated heterocycles. The molecule has 0 fully saturated rings. The number of hydrazone groups is 1. The lowest BCUT2D eigenvalue weighted by atomic mass is 10.1. The van der Waals surface area contributed by atoms with E-state index in [1.807, 2.05) is 13.8 Å². The zero-order valence-corrected chi connectivity index (χ0v) is 12.1. The minimum absolute atomic E-state index is 0.00820. The molecule has 3 atom stereocenters. The van der Waals surface area contributed by atoms with E-state index in [0.29, 0.717) is 0 Å². The molecule has 1 amide bonds. The van der Waals surface area contributed by atoms with E-state index in [-0.39, 0.29) is 30.0 Å². The topological polar surface area (TPSA) is 78.8 Å². The van der Waals surface area contributed by atoms with Gasteiger partial charge in [0.2, 0.25) is 0 Å². The maximum absolute atomic E-state index is 12.2. The molecule has 104 valence electrons. The lowest BCUT2D eigenvalue weighted by molar-refractivity contribution is -0.135. The first-order valence-corrected chi connectivity index (χ1v) is 8.04. The third-order valence-corrected chi connectivity index (χ3v) is 4.20. The number of nitrogens with one attached hydrogen (secondary N) is 1. The monoisotopic (exact) mass is 275 g/mol. The van der Waals surface area contributed by atoms with Gasteiger partial charge in [-0.05, 0) is 20.4 Å². The predicted molar refractivity (Wildman–Crippen MR) is 71.1 cm³/mol. The van der Waals surface area contributed by atoms with Crippen LogP contribution in [0.3, 0.4) is 0 Å². The summed E-state index contributed by atoms with van der Waals surface area (Å²) in [5.74, 6) is 0.0433. The Morgan fingerprint density at radius 3 is 2.50 bits per heavy atom. The van der Waals surface area contributed by atoms with E-state index >= 15 is 0 Å². The van der Waals surface area contributed by atoms with Crippen LogP contribution in [0.2, 0.25) is 0 Å². The summed E-state index contributed by atoms with van der Waals surface area (Å²) in [5, 5.41) is 8.38. The number of hydrogen-bond donors (Lipinski definition) is 1. The largest absolute Gasteiger partial charge is 0.309 e. The van der Waals surface area contributed by atoms with Gasteiger partial charge >= 0.3 is 0 Å². The second kappa shape index (κ2) is 5.79. The summed E-state index contributed by atoms with van der Waals surface area (Å²) in [6, 6.07) is -0.490. The summed E-state index contributed by atoms with van der Waals surface area (Å²) in [4.78, 5) is 12.2. The number of amides is 1. The molecule has 0 spiro atoms. The highest BCUT2D eigenvalue weighted by atomic mass is 32.2. The van der Waals surface area contributed by atoms with Crippen LogP contribution in [-0.4, -0.2) is 56.7 Å². The molecule has 0 aromatic heterocycles. The molecule has 0 aromatic carbocycles. The van der Waals surface area contributed by atoms with Crippen molar-refractivity contribution in [2.45, 2.75) is 32.4 Å². The number of hydrogen-bond acceptors (Lipinski definition) is 5. The van der Waals surface area contributed by atoms with E-state index in [9.17, 15) is 13.2 Å². The number of sulfone groups is 1. The summed E-state index contributed by atoms with van der Waals surface area (Å²) in [6.45, 7) is 3.92. The molecule has 3 unspecified atom stereocenters. The highest BCUT2D eigenvalue weighted by Crippen LogP contribution is 2.18. The predicted octanol–water partition coefficient (Wildman–Crippen LogP) is -0.138. The third-order valence-electron chi connectivity index (χ3n) is 3.22. The molecule has 1 aliphatic rings. The second-order valence-electron chi connectivity index (χ2n) is 4.81. The van der Waals surface area contributed by atoms with Crippen LogP contribution < -0.4 is 5.32 Å². The normalized spacial score (nSPS) is 25.4. The van der Waals surface area contributed by atoms with Crippen LogP contribution in [0.25, 0.3) is 0 Å². The molecule has 7 heteroatoms. The molecule has 6 nitrogen and oxygen atoms in total. The van der Waals surface area contributed by atoms with Gasteiger partial charge in [0.25, 0.3) is 5.91 Å². The van der Waals surface area contributed by atoms with Crippen LogP contribution in [-0.2, 0) is 14.6 Å². The molecule has 0 saturated carbocycles. The minimum Gasteiger partial charge on any atom is -0.309 e. The molecule has 0 bridgehead atoms. The Hall–Kier alpha value is -0.950. The van der Waals surface area contributed by atoms with Gasteiger partial charge in [0.1, 0.15) is 9.84 Å². The van der Waals surface area contributed by atoms with Gasteiger partial charge in [-0.15, -0.1) is 0 Å². The van der Waals surface area contributed by atoms with E-state index in [2.05, 4.69) is 10.4 Å². The number of carbonyl (C=O) groups excluding carboxylic acids is 1. The van der Waals surface area contributed by atoms with Crippen molar-refractivity contribution in [3.63, 3.8) is 0 Å². The molecule has 0 aromatic rings. The molecule has 18 heavy (non-hydrogen) atoms. The summed E-state index contributed by atoms with van der Waals surface area (Å²) < 4.78 is 22.3. The zero-order chi connectivity index (χ0) is 13.9. The first-order valence-electron chi connectivity index (χ1n) is 5.98. The van der Waals surface area contributed by atoms with Crippen LogP contribution in [0, 0.1) is 5.92 Å². The van der Waals surface area contributed by atoms with Crippen LogP contribution in [0.1, 0.15) is 20.3 Å². The highest BCUT2D eigenvalue weighted by Gasteiger charge is 2.32. The fourth-order valence-electron chi connectivity index (χ4n) is 1.77. The fraction of sp³-hybridized carbons (Fsp3) is 0.818. The average molecular weight is 275 g/mol. The molecular weight excluding hydrogens is 254 g/mol. The third kappa shape index (κ3) is 3.78. The van der Waals surface area contributed by atoms with Gasteiger partial charge in [-0.3, -0.25) is 4.79 Å². The molecular formula is C11H21N3O3S. The summed E-state index contributed by atoms with van der Waals surface area (Å²) in [5.41, 5.74) is 0. The van der Waals surface area contributed by atoms with Gasteiger partial charge in [-0.25, -0.2) is 13.4 Å². The SMILES string of the molecule is CNC(CCS(C)(=O)=O)C(=O)N1N=CC(C)C1C. The molecule has 1 N–H and O–H groups in total. The lowest BCUT2D eigenvalue weighted by Crippen LogP contribution is -2.46. The van der Waals surface area contributed by atoms with Crippen LogP contribution >= 0.6 is 0 Å². The van der Waals surface area contributed by atoms with Crippen molar-refractivity contribution in [3.8, 4) is 0 Å². The Morgan fingerprint density at radius 1 is 1.50 bits per heavy atom. The highest BCUT2D eigenvalue weighted by molar-refractivity contribution is 7.90. The molecule has 1 rings (SSSR count). The van der Waals surface area contributed by atoms with Gasteiger partial charge in [0, 0.05) is 18.4 Å². The van der Waals surface area contributed by atoms with E-state index in [4.69, 9.17) is 0 Å². The minimum atomic E-state index is -3.06. The van der Waals surface area contributed by atoms with Crippen molar-refractivity contribution in [3.05, 3.63) is 0 Å². The van der Waals surface area contributed by atoms with Gasteiger partial charge in [0.05, 0.1) is 17.8 Å². The van der Waals surface area contributed by atoms with Crippen molar-refractivity contribution in [2.24, 2.45) is 11.0 Å². The number of nitrogens with zero attached hydrogens (tertiary/aromatic N) is 2. The molecule has 1 heterocycles. The molecule has 0 aliphatic carbocycles. The number of likely N-dealkylation sites (N-methyl/N-ethyl adjacent to an activating group) is 1. The Bertz CT molecular complexity index is 433. The van der Waals surface area contributed by atoms with E-state index in [0.717, 1.165) is 0 Å². The summed E-state index contributed by atoms with van der Waals surface area (Å²) >= 11 is 0. The van der Waals surface area contributed by atoms with Gasteiger partial charge in [0.15, 0.2) is 0 Å². The van der Waals surface area contributed by atoms with E-state index in [1.54, 1.807) is 13.3 Å². The lowest BCUT2D eigenvalue weighted by Gasteiger charge is -2.25. The van der Waals surface area contributed by atoms with E-state index in [1.165, 1.54) is 11.3 Å². The van der Waals surface area contributed by atoms with Crippen molar-refractivity contribution in [2.75, 3.05) is 19.1 Å². The van der Waals surface area contributed by atoms with Gasteiger partial charge in [-0.1, -0.05) is 6.92 Å². The Morgan fingerprint density at radius 2 is 2.11 bits per heavy atom. The first kappa shape index (κ1) is 15.1. The quantitative estimate of drug-likeness (QED) is 0.757. The first-order chi connectivity index (χ1) is 8.26. The molecule has 1 aliphatic heterocycles. The maximum Gasteiger partial charge on any atom is 0.260 e. The van der Waals surface area contributed by atoms with Crippen molar-refractivity contribution in [1.29, 1.82) is 0 Å². The second-order valence-corrected chi connectivity index (χ2v) is 7.07. The smallest absolute Gasteiger partial charge is 0.260 e. The van der Waals surface area contributed by atoms with E-state index < -0.39 is 15.9 Å². The average Bonchev–Trinajstić information content (AvgIpc) is 2.59.